The smallest absolute Gasteiger partial charge is 0.335 e. The normalized spacial score (nSPS) is 11.3. The fourth-order valence-corrected chi connectivity index (χ4v) is 3.45. The Morgan fingerprint density at radius 2 is 2.16 bits per heavy atom. The van der Waals surface area contributed by atoms with E-state index >= 15 is 0 Å². The fraction of sp³-hybridized carbons (Fsp3) is 0.273. The number of nitrogens with zero attached hydrogens (tertiary/aromatic N) is 2. The number of sulfonamides is 1. The SMILES string of the molecule is CN(CCC#N)S(=O)(=O)c1cc(C(=O)O)ccc1Br. The molecule has 8 heteroatoms. The molecule has 0 aliphatic carbocycles. The van der Waals surface area contributed by atoms with Gasteiger partial charge in [-0.3, -0.25) is 0 Å². The zero-order chi connectivity index (χ0) is 14.6. The van der Waals surface area contributed by atoms with Crippen molar-refractivity contribution in [3.63, 3.8) is 0 Å². The van der Waals surface area contributed by atoms with Crippen molar-refractivity contribution >= 4 is 31.9 Å². The molecule has 0 fully saturated rings. The number of carboxylic acid groups (broad SMARTS) is 1. The summed E-state index contributed by atoms with van der Waals surface area (Å²) in [6, 6.07) is 5.62. The molecule has 1 N–H and O–H groups in total. The standard InChI is InChI=1S/C11H11BrN2O4S/c1-14(6-2-5-13)19(17,18)10-7-8(11(15)16)3-4-9(10)12/h3-4,7H,2,6H2,1H3,(H,15,16). The van der Waals surface area contributed by atoms with Crippen molar-refractivity contribution in [2.45, 2.75) is 11.3 Å². The number of hydrogen-bond acceptors (Lipinski definition) is 4. The Balaban J connectivity index is 3.24. The van der Waals surface area contributed by atoms with Gasteiger partial charge in [-0.2, -0.15) is 9.57 Å². The summed E-state index contributed by atoms with van der Waals surface area (Å²) in [5.74, 6) is -1.20. The highest BCUT2D eigenvalue weighted by atomic mass is 79.9. The topological polar surface area (TPSA) is 98.5 Å². The second-order valence-electron chi connectivity index (χ2n) is 3.69. The Kier molecular flexibility index (Phi) is 5.05. The van der Waals surface area contributed by atoms with E-state index in [0.29, 0.717) is 0 Å². The van der Waals surface area contributed by atoms with E-state index in [-0.39, 0.29) is 27.9 Å². The fourth-order valence-electron chi connectivity index (χ4n) is 1.33. The summed E-state index contributed by atoms with van der Waals surface area (Å²) in [7, 11) is -2.49. The van der Waals surface area contributed by atoms with Gasteiger partial charge >= 0.3 is 5.97 Å². The van der Waals surface area contributed by atoms with Crippen molar-refractivity contribution in [1.82, 2.24) is 4.31 Å². The van der Waals surface area contributed by atoms with Crippen molar-refractivity contribution in [2.75, 3.05) is 13.6 Å². The maximum atomic E-state index is 12.2. The second kappa shape index (κ2) is 6.14. The van der Waals surface area contributed by atoms with Gasteiger partial charge in [0.2, 0.25) is 10.0 Å². The summed E-state index contributed by atoms with van der Waals surface area (Å²) < 4.78 is 25.7. The number of benzene rings is 1. The van der Waals surface area contributed by atoms with Gasteiger partial charge in [0.25, 0.3) is 0 Å². The number of nitriles is 1. The Hall–Kier alpha value is -1.43. The molecule has 0 atom stereocenters. The first-order valence-corrected chi connectivity index (χ1v) is 7.40. The van der Waals surface area contributed by atoms with Gasteiger partial charge in [-0.05, 0) is 34.1 Å². The molecule has 0 aliphatic heterocycles. The third-order valence-electron chi connectivity index (χ3n) is 2.40. The van der Waals surface area contributed by atoms with Crippen molar-refractivity contribution in [3.8, 4) is 6.07 Å². The summed E-state index contributed by atoms with van der Waals surface area (Å²) >= 11 is 3.09. The minimum Gasteiger partial charge on any atom is -0.478 e. The Bertz CT molecular complexity index is 637. The van der Waals surface area contributed by atoms with E-state index in [0.717, 1.165) is 10.4 Å². The van der Waals surface area contributed by atoms with Crippen LogP contribution < -0.4 is 0 Å². The zero-order valence-corrected chi connectivity index (χ0v) is 12.4. The highest BCUT2D eigenvalue weighted by Crippen LogP contribution is 2.25. The highest BCUT2D eigenvalue weighted by Gasteiger charge is 2.24. The lowest BCUT2D eigenvalue weighted by atomic mass is 10.2. The molecule has 0 radical (unpaired) electrons. The van der Waals surface area contributed by atoms with Gasteiger partial charge in [-0.15, -0.1) is 0 Å². The summed E-state index contributed by atoms with van der Waals surface area (Å²) in [5.41, 5.74) is -0.115. The van der Waals surface area contributed by atoms with Crippen LogP contribution in [0.25, 0.3) is 0 Å². The first kappa shape index (κ1) is 15.6. The minimum absolute atomic E-state index is 0.0442. The predicted molar refractivity (Wildman–Crippen MR) is 71.1 cm³/mol. The first-order chi connectivity index (χ1) is 8.80. The minimum atomic E-state index is -3.83. The van der Waals surface area contributed by atoms with Crippen LogP contribution in [-0.4, -0.2) is 37.4 Å². The lowest BCUT2D eigenvalue weighted by Crippen LogP contribution is -2.28. The van der Waals surface area contributed by atoms with Gasteiger partial charge < -0.3 is 5.11 Å². The molecule has 0 saturated carbocycles. The largest absolute Gasteiger partial charge is 0.478 e. The van der Waals surface area contributed by atoms with Crippen LogP contribution in [0.2, 0.25) is 0 Å². The molecule has 6 nitrogen and oxygen atoms in total. The van der Waals surface area contributed by atoms with Gasteiger partial charge in [0.05, 0.1) is 16.5 Å². The van der Waals surface area contributed by atoms with Gasteiger partial charge in [0.15, 0.2) is 0 Å². The zero-order valence-electron chi connectivity index (χ0n) is 10.00. The molecule has 102 valence electrons. The van der Waals surface area contributed by atoms with E-state index in [4.69, 9.17) is 10.4 Å². The molecule has 0 spiro atoms. The van der Waals surface area contributed by atoms with Gasteiger partial charge in [-0.25, -0.2) is 13.2 Å². The van der Waals surface area contributed by atoms with Crippen LogP contribution in [0.4, 0.5) is 0 Å². The molecule has 0 bridgehead atoms. The summed E-state index contributed by atoms with van der Waals surface area (Å²) in [6.07, 6.45) is 0.0615. The molecule has 0 amide bonds. The Morgan fingerprint density at radius 3 is 2.68 bits per heavy atom. The Morgan fingerprint density at radius 1 is 1.53 bits per heavy atom. The molecule has 1 rings (SSSR count). The average Bonchev–Trinajstić information content (AvgIpc) is 2.35. The maximum Gasteiger partial charge on any atom is 0.335 e. The van der Waals surface area contributed by atoms with E-state index in [9.17, 15) is 13.2 Å². The van der Waals surface area contributed by atoms with E-state index in [1.54, 1.807) is 0 Å². The van der Waals surface area contributed by atoms with E-state index in [1.165, 1.54) is 19.2 Å². The monoisotopic (exact) mass is 346 g/mol. The molecule has 0 aliphatic rings. The van der Waals surface area contributed by atoms with Crippen molar-refractivity contribution < 1.29 is 18.3 Å². The summed E-state index contributed by atoms with van der Waals surface area (Å²) in [5, 5.41) is 17.3. The quantitative estimate of drug-likeness (QED) is 0.874. The molecule has 1 aromatic carbocycles. The first-order valence-electron chi connectivity index (χ1n) is 5.17. The van der Waals surface area contributed by atoms with Gasteiger partial charge in [-0.1, -0.05) is 0 Å². The van der Waals surface area contributed by atoms with E-state index in [1.807, 2.05) is 6.07 Å². The lowest BCUT2D eigenvalue weighted by Gasteiger charge is -2.17. The van der Waals surface area contributed by atoms with Crippen LogP contribution in [0.1, 0.15) is 16.8 Å². The number of carboxylic acids is 1. The number of rotatable bonds is 5. The van der Waals surface area contributed by atoms with Crippen molar-refractivity contribution in [1.29, 1.82) is 5.26 Å². The predicted octanol–water partition coefficient (Wildman–Crippen LogP) is 1.68. The molecule has 0 aromatic heterocycles. The average molecular weight is 347 g/mol. The van der Waals surface area contributed by atoms with Crippen LogP contribution in [0.15, 0.2) is 27.6 Å². The van der Waals surface area contributed by atoms with Crippen molar-refractivity contribution in [2.24, 2.45) is 0 Å². The Labute approximate surface area is 119 Å². The number of carbonyl (C=O) groups is 1. The molecular weight excluding hydrogens is 336 g/mol. The molecular formula is C11H11BrN2O4S. The van der Waals surface area contributed by atoms with E-state index < -0.39 is 16.0 Å². The van der Waals surface area contributed by atoms with Crippen LogP contribution >= 0.6 is 15.9 Å². The van der Waals surface area contributed by atoms with Crippen LogP contribution in [-0.2, 0) is 10.0 Å². The third kappa shape index (κ3) is 3.53. The molecule has 1 aromatic rings. The number of hydrogen-bond donors (Lipinski definition) is 1. The third-order valence-corrected chi connectivity index (χ3v) is 5.26. The van der Waals surface area contributed by atoms with Gasteiger partial charge in [0.1, 0.15) is 0 Å². The second-order valence-corrected chi connectivity index (χ2v) is 6.55. The summed E-state index contributed by atoms with van der Waals surface area (Å²) in [6.45, 7) is 0.0442. The number of halogens is 1. The molecule has 19 heavy (non-hydrogen) atoms. The van der Waals surface area contributed by atoms with Crippen LogP contribution in [0.3, 0.4) is 0 Å². The van der Waals surface area contributed by atoms with Crippen molar-refractivity contribution in [3.05, 3.63) is 28.2 Å². The highest BCUT2D eigenvalue weighted by molar-refractivity contribution is 9.10. The molecule has 0 unspecified atom stereocenters. The van der Waals surface area contributed by atoms with Crippen LogP contribution in [0, 0.1) is 11.3 Å². The number of aromatic carboxylic acids is 1. The van der Waals surface area contributed by atoms with Crippen LogP contribution in [0.5, 0.6) is 0 Å². The molecule has 0 heterocycles. The molecule has 0 saturated heterocycles. The lowest BCUT2D eigenvalue weighted by molar-refractivity contribution is 0.0696. The summed E-state index contributed by atoms with van der Waals surface area (Å²) in [4.78, 5) is 10.7. The van der Waals surface area contributed by atoms with Gasteiger partial charge in [0, 0.05) is 24.5 Å². The maximum absolute atomic E-state index is 12.2. The van der Waals surface area contributed by atoms with E-state index in [2.05, 4.69) is 15.9 Å².